The van der Waals surface area contributed by atoms with Crippen LogP contribution >= 0.6 is 23.7 Å². The van der Waals surface area contributed by atoms with E-state index in [0.29, 0.717) is 47.9 Å². The summed E-state index contributed by atoms with van der Waals surface area (Å²) in [5, 5.41) is 5.94. The number of amides is 3. The van der Waals surface area contributed by atoms with Crippen LogP contribution in [0.15, 0.2) is 35.7 Å². The zero-order chi connectivity index (χ0) is 37.1. The average Bonchev–Trinajstić information content (AvgIpc) is 4.09. The first-order valence-electron chi connectivity index (χ1n) is 18.7. The maximum atomic E-state index is 14.3. The van der Waals surface area contributed by atoms with E-state index in [1.807, 2.05) is 37.3 Å². The number of carbonyl (C=O) groups is 3. The standard InChI is InChI=1S/C38H46N6O7S2.ClH/c1-21-31(50-2)15-14-26-32(17-28(40-33(21)26)35-41-29(20-52-35)22-10-11-22)51-24-16-30-34(45)42-38(37(47)43-53(48,49)25-12-13-25)18-23(38)8-6-4-3-5-7-9-27(39)36(46)44(30)19-24;/h6,8,14-15,17,20,22-25,27,30H,3-5,7,9-13,16,18-19,39H2,1-2H3,(H,42,45)(H,43,47);1H/b8-6-;/t23-,24-,27+,30+,38-;/m1./s1. The summed E-state index contributed by atoms with van der Waals surface area (Å²) in [4.78, 5) is 53.3. The molecule has 16 heteroatoms. The van der Waals surface area contributed by atoms with Crippen molar-refractivity contribution < 1.29 is 32.3 Å². The number of carbonyl (C=O) groups excluding carboxylic acids is 3. The van der Waals surface area contributed by atoms with Crippen molar-refractivity contribution in [2.24, 2.45) is 11.7 Å². The van der Waals surface area contributed by atoms with Gasteiger partial charge in [0.2, 0.25) is 21.8 Å². The summed E-state index contributed by atoms with van der Waals surface area (Å²) in [5.74, 6) is -0.306. The topological polar surface area (TPSA) is 183 Å². The molecule has 1 aromatic carbocycles. The summed E-state index contributed by atoms with van der Waals surface area (Å²) in [7, 11) is -2.23. The van der Waals surface area contributed by atoms with Gasteiger partial charge >= 0.3 is 0 Å². The summed E-state index contributed by atoms with van der Waals surface area (Å²) in [5.41, 5.74) is 8.30. The molecule has 290 valence electrons. The van der Waals surface area contributed by atoms with Crippen LogP contribution in [-0.2, 0) is 24.4 Å². The van der Waals surface area contributed by atoms with E-state index in [1.54, 1.807) is 7.11 Å². The lowest BCUT2D eigenvalue weighted by atomic mass is 10.1. The van der Waals surface area contributed by atoms with Crippen molar-refractivity contribution in [2.45, 2.75) is 112 Å². The van der Waals surface area contributed by atoms with Crippen molar-refractivity contribution in [3.63, 3.8) is 0 Å². The predicted octanol–water partition coefficient (Wildman–Crippen LogP) is 4.65. The van der Waals surface area contributed by atoms with E-state index in [4.69, 9.17) is 25.2 Å². The highest BCUT2D eigenvalue weighted by Gasteiger charge is 2.62. The summed E-state index contributed by atoms with van der Waals surface area (Å²) in [6, 6.07) is 3.82. The number of thiazole rings is 1. The number of fused-ring (bicyclic) bond motifs is 3. The number of sulfonamides is 1. The smallest absolute Gasteiger partial charge is 0.259 e. The number of hydrogen-bond donors (Lipinski definition) is 3. The molecule has 0 spiro atoms. The van der Waals surface area contributed by atoms with Crippen molar-refractivity contribution in [1.82, 2.24) is 24.9 Å². The van der Waals surface area contributed by atoms with Gasteiger partial charge in [-0.15, -0.1) is 23.7 Å². The number of hydrogen-bond acceptors (Lipinski definition) is 11. The molecule has 0 radical (unpaired) electrons. The van der Waals surface area contributed by atoms with Crippen LogP contribution < -0.4 is 25.2 Å². The number of nitrogens with zero attached hydrogens (tertiary/aromatic N) is 3. The van der Waals surface area contributed by atoms with Crippen LogP contribution in [0.3, 0.4) is 0 Å². The Bertz CT molecular complexity index is 2100. The Labute approximate surface area is 325 Å². The van der Waals surface area contributed by atoms with Crippen LogP contribution in [0.2, 0.25) is 0 Å². The molecule has 0 bridgehead atoms. The number of nitrogens with one attached hydrogen (secondary N) is 2. The number of aryl methyl sites for hydroxylation is 1. The predicted molar refractivity (Wildman–Crippen MR) is 207 cm³/mol. The number of aromatic nitrogens is 2. The van der Waals surface area contributed by atoms with Crippen molar-refractivity contribution in [1.29, 1.82) is 0 Å². The first kappa shape index (κ1) is 38.5. The SMILES string of the molecule is COc1ccc2c(O[C@@H]3C[C@H]4C(=O)N[C@]5(C(=O)NS(=O)(=O)C6CC6)C[C@H]5/C=C\CCCCC[C@H](N)C(=O)N4C3)cc(-c3nc(C4CC4)cs3)nc2c1C.Cl. The number of pyridine rings is 1. The second-order valence-corrected chi connectivity index (χ2v) is 18.1. The fraction of sp³-hybridized carbons (Fsp3) is 0.553. The second-order valence-electron chi connectivity index (χ2n) is 15.2. The molecule has 3 saturated carbocycles. The minimum Gasteiger partial charge on any atom is -0.496 e. The van der Waals surface area contributed by atoms with Gasteiger partial charge in [-0.05, 0) is 70.4 Å². The van der Waals surface area contributed by atoms with Crippen LogP contribution in [0, 0.1) is 12.8 Å². The van der Waals surface area contributed by atoms with Gasteiger partial charge < -0.3 is 25.4 Å². The highest BCUT2D eigenvalue weighted by Crippen LogP contribution is 2.46. The number of methoxy groups -OCH3 is 1. The van der Waals surface area contributed by atoms with Gasteiger partial charge in [0.25, 0.3) is 5.91 Å². The molecule has 3 amide bonds. The first-order chi connectivity index (χ1) is 25.5. The van der Waals surface area contributed by atoms with E-state index >= 15 is 0 Å². The summed E-state index contributed by atoms with van der Waals surface area (Å²) in [6.45, 7) is 2.04. The molecule has 4 heterocycles. The largest absolute Gasteiger partial charge is 0.496 e. The Morgan fingerprint density at radius 2 is 1.89 bits per heavy atom. The molecule has 3 aromatic rings. The lowest BCUT2D eigenvalue weighted by Gasteiger charge is -2.28. The van der Waals surface area contributed by atoms with Crippen molar-refractivity contribution in [3.05, 3.63) is 47.0 Å². The minimum absolute atomic E-state index is 0. The van der Waals surface area contributed by atoms with E-state index in [0.717, 1.165) is 60.2 Å². The first-order valence-corrected chi connectivity index (χ1v) is 21.1. The van der Waals surface area contributed by atoms with Crippen LogP contribution in [0.25, 0.3) is 21.6 Å². The van der Waals surface area contributed by atoms with Gasteiger partial charge in [0, 0.05) is 40.7 Å². The lowest BCUT2D eigenvalue weighted by Crippen LogP contribution is -2.57. The summed E-state index contributed by atoms with van der Waals surface area (Å²) >= 11 is 1.54. The van der Waals surface area contributed by atoms with Gasteiger partial charge in [0.05, 0.1) is 36.2 Å². The molecule has 5 aliphatic rings. The molecule has 2 aliphatic heterocycles. The Balaban J connectivity index is 0.00000450. The molecule has 0 unspecified atom stereocenters. The number of rotatable bonds is 8. The summed E-state index contributed by atoms with van der Waals surface area (Å²) < 4.78 is 40.2. The number of allylic oxidation sites excluding steroid dienone is 1. The van der Waals surface area contributed by atoms with Crippen molar-refractivity contribution in [2.75, 3.05) is 13.7 Å². The average molecular weight is 799 g/mol. The number of ether oxygens (including phenoxy) is 2. The maximum absolute atomic E-state index is 14.3. The van der Waals surface area contributed by atoms with E-state index < -0.39 is 50.8 Å². The Hall–Kier alpha value is -3.79. The third kappa shape index (κ3) is 7.56. The fourth-order valence-corrected chi connectivity index (χ4v) is 9.92. The summed E-state index contributed by atoms with van der Waals surface area (Å²) in [6.07, 6.45) is 10.7. The number of halogens is 1. The zero-order valence-electron chi connectivity index (χ0n) is 30.4. The molecule has 8 rings (SSSR count). The quantitative estimate of drug-likeness (QED) is 0.271. The van der Waals surface area contributed by atoms with Gasteiger partial charge in [-0.3, -0.25) is 19.1 Å². The van der Waals surface area contributed by atoms with E-state index in [9.17, 15) is 22.8 Å². The van der Waals surface area contributed by atoms with Crippen LogP contribution in [0.4, 0.5) is 0 Å². The normalized spacial score (nSPS) is 28.1. The van der Waals surface area contributed by atoms with Crippen LogP contribution in [-0.4, -0.2) is 83.6 Å². The van der Waals surface area contributed by atoms with Gasteiger partial charge in [0.1, 0.15) is 39.9 Å². The Morgan fingerprint density at radius 3 is 2.63 bits per heavy atom. The Kier molecular flexibility index (Phi) is 10.7. The van der Waals surface area contributed by atoms with Crippen molar-refractivity contribution >= 4 is 62.4 Å². The molecule has 4 N–H and O–H groups in total. The molecular formula is C38H47ClN6O7S2. The molecular weight excluding hydrogens is 752 g/mol. The zero-order valence-corrected chi connectivity index (χ0v) is 32.9. The van der Waals surface area contributed by atoms with Gasteiger partial charge in [0.15, 0.2) is 0 Å². The van der Waals surface area contributed by atoms with Gasteiger partial charge in [-0.25, -0.2) is 18.4 Å². The number of benzene rings is 1. The lowest BCUT2D eigenvalue weighted by molar-refractivity contribution is -0.140. The van der Waals surface area contributed by atoms with Crippen LogP contribution in [0.1, 0.15) is 87.8 Å². The molecule has 13 nitrogen and oxygen atoms in total. The van der Waals surface area contributed by atoms with E-state index in [-0.39, 0.29) is 43.6 Å². The maximum Gasteiger partial charge on any atom is 0.259 e. The molecule has 5 atom stereocenters. The van der Waals surface area contributed by atoms with Gasteiger partial charge in [-0.2, -0.15) is 0 Å². The number of nitrogens with two attached hydrogens (primary N) is 1. The molecule has 54 heavy (non-hydrogen) atoms. The fourth-order valence-electron chi connectivity index (χ4n) is 7.70. The monoisotopic (exact) mass is 798 g/mol. The van der Waals surface area contributed by atoms with E-state index in [1.165, 1.54) is 16.2 Å². The molecule has 1 saturated heterocycles. The van der Waals surface area contributed by atoms with Crippen molar-refractivity contribution in [3.8, 4) is 22.2 Å². The molecule has 2 aromatic heterocycles. The van der Waals surface area contributed by atoms with E-state index in [2.05, 4.69) is 15.4 Å². The van der Waals surface area contributed by atoms with Crippen LogP contribution in [0.5, 0.6) is 11.5 Å². The minimum atomic E-state index is -3.85. The molecule has 3 aliphatic carbocycles. The van der Waals surface area contributed by atoms with Gasteiger partial charge in [-0.1, -0.05) is 25.0 Å². The molecule has 4 fully saturated rings. The highest BCUT2D eigenvalue weighted by atomic mass is 35.5. The Morgan fingerprint density at radius 1 is 1.09 bits per heavy atom. The highest BCUT2D eigenvalue weighted by molar-refractivity contribution is 7.91. The third-order valence-electron chi connectivity index (χ3n) is 11.3. The second kappa shape index (κ2) is 15.0. The third-order valence-corrected chi connectivity index (χ3v) is 14.0.